The summed E-state index contributed by atoms with van der Waals surface area (Å²) >= 11 is 1.45. The van der Waals surface area contributed by atoms with Gasteiger partial charge in [-0.1, -0.05) is 37.1 Å². The molecule has 0 atom stereocenters. The van der Waals surface area contributed by atoms with Crippen LogP contribution in [0.1, 0.15) is 58.3 Å². The van der Waals surface area contributed by atoms with Crippen LogP contribution in [0.3, 0.4) is 0 Å². The number of aromatic nitrogens is 1. The van der Waals surface area contributed by atoms with Gasteiger partial charge in [-0.15, -0.1) is 11.3 Å². The smallest absolute Gasteiger partial charge is 0.265 e. The van der Waals surface area contributed by atoms with Gasteiger partial charge in [0.15, 0.2) is 5.78 Å². The number of amides is 1. The third-order valence-corrected chi connectivity index (χ3v) is 7.17. The van der Waals surface area contributed by atoms with Crippen molar-refractivity contribution in [3.63, 3.8) is 0 Å². The Morgan fingerprint density at radius 3 is 2.29 bits per heavy atom. The molecule has 2 aromatic rings. The largest absolute Gasteiger partial charge is 0.335 e. The van der Waals surface area contributed by atoms with E-state index in [0.717, 1.165) is 53.4 Å². The second-order valence-electron chi connectivity index (χ2n) is 7.83. The summed E-state index contributed by atoms with van der Waals surface area (Å²) < 4.78 is 0. The number of Topliss-reactive ketones (excluding diaryl/α,β-unsaturated/α-hetero) is 1. The molecule has 2 fully saturated rings. The molecule has 0 N–H and O–H groups in total. The molecule has 1 aliphatic carbocycles. The van der Waals surface area contributed by atoms with Crippen molar-refractivity contribution >= 4 is 23.0 Å². The van der Waals surface area contributed by atoms with E-state index in [-0.39, 0.29) is 11.7 Å². The molecule has 2 aliphatic rings. The topological polar surface area (TPSA) is 53.5 Å². The summed E-state index contributed by atoms with van der Waals surface area (Å²) in [5, 5.41) is 0.834. The first-order chi connectivity index (χ1) is 13.5. The van der Waals surface area contributed by atoms with E-state index in [1.165, 1.54) is 37.0 Å². The molecule has 28 heavy (non-hydrogen) atoms. The third-order valence-electron chi connectivity index (χ3n) is 5.97. The van der Waals surface area contributed by atoms with E-state index in [1.54, 1.807) is 6.92 Å². The molecular weight excluding hydrogens is 370 g/mol. The molecule has 1 amide bonds. The maximum Gasteiger partial charge on any atom is 0.265 e. The fourth-order valence-electron chi connectivity index (χ4n) is 4.27. The van der Waals surface area contributed by atoms with Crippen molar-refractivity contribution in [3.8, 4) is 10.6 Å². The third kappa shape index (κ3) is 3.89. The van der Waals surface area contributed by atoms with E-state index in [2.05, 4.69) is 9.88 Å². The molecule has 1 saturated carbocycles. The Kier molecular flexibility index (Phi) is 5.60. The van der Waals surface area contributed by atoms with Gasteiger partial charge in [0.05, 0.1) is 5.69 Å². The van der Waals surface area contributed by atoms with Crippen molar-refractivity contribution in [1.82, 2.24) is 14.8 Å². The number of hydrogen-bond acceptors (Lipinski definition) is 5. The molecule has 148 valence electrons. The van der Waals surface area contributed by atoms with Crippen LogP contribution in [-0.4, -0.2) is 58.7 Å². The van der Waals surface area contributed by atoms with Crippen LogP contribution in [-0.2, 0) is 0 Å². The maximum absolute atomic E-state index is 13.1. The van der Waals surface area contributed by atoms with Gasteiger partial charge in [0.25, 0.3) is 5.91 Å². The van der Waals surface area contributed by atoms with Gasteiger partial charge in [0, 0.05) is 43.3 Å². The molecule has 0 radical (unpaired) electrons. The van der Waals surface area contributed by atoms with Crippen LogP contribution in [0, 0.1) is 6.92 Å². The minimum atomic E-state index is 0.0504. The summed E-state index contributed by atoms with van der Waals surface area (Å²) in [6.07, 6.45) is 5.32. The minimum absolute atomic E-state index is 0.0504. The van der Waals surface area contributed by atoms with Gasteiger partial charge in [0.1, 0.15) is 9.88 Å². The Bertz CT molecular complexity index is 860. The highest BCUT2D eigenvalue weighted by molar-refractivity contribution is 7.17. The molecule has 0 unspecified atom stereocenters. The number of rotatable bonds is 4. The second-order valence-corrected chi connectivity index (χ2v) is 8.83. The zero-order chi connectivity index (χ0) is 19.7. The number of carbonyl (C=O) groups excluding carboxylic acids is 2. The van der Waals surface area contributed by atoms with E-state index in [9.17, 15) is 9.59 Å². The lowest BCUT2D eigenvalue weighted by Crippen LogP contribution is -2.51. The molecule has 2 heterocycles. The van der Waals surface area contributed by atoms with E-state index >= 15 is 0 Å². The van der Waals surface area contributed by atoms with Crippen molar-refractivity contribution in [2.75, 3.05) is 26.2 Å². The number of nitrogens with zero attached hydrogens (tertiary/aromatic N) is 3. The molecule has 6 heteroatoms. The Balaban J connectivity index is 1.44. The van der Waals surface area contributed by atoms with Crippen LogP contribution in [0.4, 0.5) is 0 Å². The highest BCUT2D eigenvalue weighted by atomic mass is 32.1. The number of ketones is 1. The van der Waals surface area contributed by atoms with Crippen LogP contribution in [0.5, 0.6) is 0 Å². The highest BCUT2D eigenvalue weighted by Crippen LogP contribution is 2.30. The molecule has 1 saturated heterocycles. The number of piperazine rings is 1. The summed E-state index contributed by atoms with van der Waals surface area (Å²) in [6.45, 7) is 7.03. The predicted octanol–water partition coefficient (Wildman–Crippen LogP) is 4.02. The van der Waals surface area contributed by atoms with Gasteiger partial charge in [-0.2, -0.15) is 0 Å². The average molecular weight is 398 g/mol. The Labute approximate surface area is 170 Å². The van der Waals surface area contributed by atoms with Gasteiger partial charge in [-0.05, 0) is 26.7 Å². The quantitative estimate of drug-likeness (QED) is 0.731. The molecule has 1 aromatic carbocycles. The highest BCUT2D eigenvalue weighted by Gasteiger charge is 2.29. The lowest BCUT2D eigenvalue weighted by atomic mass is 10.1. The first-order valence-corrected chi connectivity index (χ1v) is 11.0. The first-order valence-electron chi connectivity index (χ1n) is 10.1. The number of aryl methyl sites for hydroxylation is 1. The van der Waals surface area contributed by atoms with Gasteiger partial charge in [-0.3, -0.25) is 14.5 Å². The van der Waals surface area contributed by atoms with Crippen molar-refractivity contribution < 1.29 is 9.59 Å². The lowest BCUT2D eigenvalue weighted by Gasteiger charge is -2.37. The van der Waals surface area contributed by atoms with E-state index in [1.807, 2.05) is 36.1 Å². The van der Waals surface area contributed by atoms with E-state index in [0.29, 0.717) is 5.56 Å². The lowest BCUT2D eigenvalue weighted by molar-refractivity contribution is 0.0577. The zero-order valence-corrected chi connectivity index (χ0v) is 17.4. The molecule has 0 bridgehead atoms. The molecule has 1 aromatic heterocycles. The van der Waals surface area contributed by atoms with Gasteiger partial charge >= 0.3 is 0 Å². The second kappa shape index (κ2) is 8.13. The Morgan fingerprint density at radius 2 is 1.68 bits per heavy atom. The van der Waals surface area contributed by atoms with Crippen LogP contribution in [0.2, 0.25) is 0 Å². The number of carbonyl (C=O) groups is 2. The van der Waals surface area contributed by atoms with Crippen molar-refractivity contribution in [3.05, 3.63) is 40.4 Å². The molecule has 0 spiro atoms. The predicted molar refractivity (Wildman–Crippen MR) is 112 cm³/mol. The van der Waals surface area contributed by atoms with Crippen molar-refractivity contribution in [2.24, 2.45) is 0 Å². The van der Waals surface area contributed by atoms with Crippen LogP contribution < -0.4 is 0 Å². The Morgan fingerprint density at radius 1 is 1.04 bits per heavy atom. The van der Waals surface area contributed by atoms with Crippen LogP contribution in [0.15, 0.2) is 24.3 Å². The van der Waals surface area contributed by atoms with Crippen molar-refractivity contribution in [2.45, 2.75) is 45.6 Å². The average Bonchev–Trinajstić information content (AvgIpc) is 3.38. The summed E-state index contributed by atoms with van der Waals surface area (Å²) in [7, 11) is 0. The van der Waals surface area contributed by atoms with Gasteiger partial charge in [0.2, 0.25) is 0 Å². The van der Waals surface area contributed by atoms with Crippen molar-refractivity contribution in [1.29, 1.82) is 0 Å². The normalized spacial score (nSPS) is 18.6. The molecule has 5 nitrogen and oxygen atoms in total. The monoisotopic (exact) mass is 397 g/mol. The maximum atomic E-state index is 13.1. The fourth-order valence-corrected chi connectivity index (χ4v) is 5.31. The molecule has 4 rings (SSSR count). The fraction of sp³-hybridized carbons (Fsp3) is 0.500. The van der Waals surface area contributed by atoms with Gasteiger partial charge < -0.3 is 4.90 Å². The van der Waals surface area contributed by atoms with Crippen LogP contribution in [0.25, 0.3) is 10.6 Å². The summed E-state index contributed by atoms with van der Waals surface area (Å²) in [5.74, 6) is 0.155. The standard InChI is InChI=1S/C22H27N3O2S/c1-15-20(28-21(23-15)18-9-7-17(8-10-18)16(2)26)22(27)25-13-11-24(12-14-25)19-5-3-4-6-19/h7-10,19H,3-6,11-14H2,1-2H3. The number of benzene rings is 1. The number of hydrogen-bond donors (Lipinski definition) is 0. The first kappa shape index (κ1) is 19.3. The molecular formula is C22H27N3O2S. The molecule has 1 aliphatic heterocycles. The van der Waals surface area contributed by atoms with Crippen LogP contribution >= 0.6 is 11.3 Å². The summed E-state index contributed by atoms with van der Waals surface area (Å²) in [5.41, 5.74) is 2.43. The number of thiazole rings is 1. The SMILES string of the molecule is CC(=O)c1ccc(-c2nc(C)c(C(=O)N3CCN(C4CCCC4)CC3)s2)cc1. The summed E-state index contributed by atoms with van der Waals surface area (Å²) in [4.78, 5) is 34.4. The Hall–Kier alpha value is -2.05. The van der Waals surface area contributed by atoms with E-state index < -0.39 is 0 Å². The zero-order valence-electron chi connectivity index (χ0n) is 16.6. The van der Waals surface area contributed by atoms with E-state index in [4.69, 9.17) is 0 Å². The minimum Gasteiger partial charge on any atom is -0.335 e. The summed E-state index contributed by atoms with van der Waals surface area (Å²) in [6, 6.07) is 8.18. The van der Waals surface area contributed by atoms with Gasteiger partial charge in [-0.25, -0.2) is 4.98 Å².